The molecule has 3 heterocycles. The van der Waals surface area contributed by atoms with Crippen molar-refractivity contribution in [3.63, 3.8) is 0 Å². The molecule has 1 aromatic heterocycles. The number of aromatic nitrogens is 4. The van der Waals surface area contributed by atoms with Crippen LogP contribution in [-0.2, 0) is 21.2 Å². The Labute approximate surface area is 140 Å². The Balaban J connectivity index is 1.44. The van der Waals surface area contributed by atoms with Crippen LogP contribution in [0.4, 0.5) is 0 Å². The van der Waals surface area contributed by atoms with Gasteiger partial charge in [0.05, 0.1) is 24.1 Å². The smallest absolute Gasteiger partial charge is 0.224 e. The van der Waals surface area contributed by atoms with Gasteiger partial charge in [-0.1, -0.05) is 0 Å². The molecule has 4 rings (SSSR count). The second-order valence-electron chi connectivity index (χ2n) is 7.06. The van der Waals surface area contributed by atoms with E-state index in [4.69, 9.17) is 0 Å². The van der Waals surface area contributed by atoms with E-state index in [2.05, 4.69) is 20.4 Å². The van der Waals surface area contributed by atoms with E-state index in [1.54, 1.807) is 4.90 Å². The highest BCUT2D eigenvalue weighted by Crippen LogP contribution is 2.34. The summed E-state index contributed by atoms with van der Waals surface area (Å²) in [6.07, 6.45) is 4.26. The normalized spacial score (nSPS) is 29.6. The number of sulfone groups is 1. The summed E-state index contributed by atoms with van der Waals surface area (Å²) in [6.45, 7) is 2.77. The Morgan fingerprint density at radius 2 is 1.96 bits per heavy atom. The molecule has 1 aliphatic carbocycles. The highest BCUT2D eigenvalue weighted by atomic mass is 32.2. The van der Waals surface area contributed by atoms with Gasteiger partial charge in [-0.2, -0.15) is 0 Å². The van der Waals surface area contributed by atoms with E-state index in [1.165, 1.54) is 23.9 Å². The number of piperazine rings is 1. The summed E-state index contributed by atoms with van der Waals surface area (Å²) in [6, 6.07) is -0.245. The van der Waals surface area contributed by atoms with Gasteiger partial charge in [0.25, 0.3) is 0 Å². The summed E-state index contributed by atoms with van der Waals surface area (Å²) >= 11 is 0. The van der Waals surface area contributed by atoms with Crippen molar-refractivity contribution >= 4 is 15.7 Å². The molecule has 2 saturated heterocycles. The minimum atomic E-state index is -3.07. The van der Waals surface area contributed by atoms with Gasteiger partial charge in [-0.15, -0.1) is 5.10 Å². The molecule has 0 spiro atoms. The average Bonchev–Trinajstić information content (AvgIpc) is 3.07. The molecule has 3 aliphatic rings. The van der Waals surface area contributed by atoms with Gasteiger partial charge in [-0.25, -0.2) is 13.1 Å². The first kappa shape index (κ1) is 15.9. The fraction of sp³-hybridized carbons (Fsp3) is 0.857. The second kappa shape index (κ2) is 6.07. The molecule has 10 heteroatoms. The van der Waals surface area contributed by atoms with Crippen molar-refractivity contribution in [3.8, 4) is 0 Å². The topological polar surface area (TPSA) is 101 Å². The molecule has 132 valence electrons. The largest absolute Gasteiger partial charge is 0.336 e. The van der Waals surface area contributed by atoms with E-state index in [0.29, 0.717) is 13.1 Å². The molecule has 0 N–H and O–H groups in total. The molecule has 0 aromatic carbocycles. The predicted octanol–water partition coefficient (Wildman–Crippen LogP) is -1.22. The maximum atomic E-state index is 12.6. The summed E-state index contributed by atoms with van der Waals surface area (Å²) in [4.78, 5) is 16.7. The first-order valence-electron chi connectivity index (χ1n) is 8.46. The Hall–Kier alpha value is -1.55. The fourth-order valence-electron chi connectivity index (χ4n) is 3.83. The van der Waals surface area contributed by atoms with Crippen molar-refractivity contribution in [2.24, 2.45) is 5.92 Å². The molecule has 9 nitrogen and oxygen atoms in total. The lowest BCUT2D eigenvalue weighted by Gasteiger charge is -2.44. The maximum absolute atomic E-state index is 12.6. The molecule has 3 fully saturated rings. The van der Waals surface area contributed by atoms with Crippen LogP contribution in [0.3, 0.4) is 0 Å². The van der Waals surface area contributed by atoms with Crippen LogP contribution in [-0.4, -0.2) is 87.6 Å². The molecule has 2 atom stereocenters. The number of amides is 1. The van der Waals surface area contributed by atoms with Gasteiger partial charge in [-0.05, 0) is 29.2 Å². The summed E-state index contributed by atoms with van der Waals surface area (Å²) < 4.78 is 25.8. The van der Waals surface area contributed by atoms with E-state index in [-0.39, 0.29) is 35.9 Å². The summed E-state index contributed by atoms with van der Waals surface area (Å²) in [7, 11) is -3.07. The van der Waals surface area contributed by atoms with Crippen LogP contribution < -0.4 is 0 Å². The quantitative estimate of drug-likeness (QED) is 0.653. The molecule has 1 amide bonds. The number of hydrogen-bond acceptors (Lipinski definition) is 7. The Kier molecular flexibility index (Phi) is 4.03. The fourth-order valence-corrected chi connectivity index (χ4v) is 5.84. The number of carbonyl (C=O) groups excluding carboxylic acids is 1. The minimum Gasteiger partial charge on any atom is -0.336 e. The summed E-state index contributed by atoms with van der Waals surface area (Å²) in [5.41, 5.74) is 0. The number of hydrogen-bond donors (Lipinski definition) is 0. The zero-order chi connectivity index (χ0) is 16.7. The van der Waals surface area contributed by atoms with Crippen LogP contribution >= 0.6 is 0 Å². The van der Waals surface area contributed by atoms with E-state index < -0.39 is 9.84 Å². The number of fused-ring (bicyclic) bond motifs is 1. The van der Waals surface area contributed by atoms with Crippen molar-refractivity contribution in [2.75, 3.05) is 31.1 Å². The molecular formula is C14H22N6O3S. The van der Waals surface area contributed by atoms with Crippen LogP contribution in [0.5, 0.6) is 0 Å². The molecule has 24 heavy (non-hydrogen) atoms. The zero-order valence-corrected chi connectivity index (χ0v) is 14.3. The summed E-state index contributed by atoms with van der Waals surface area (Å²) in [5, 5.41) is 10.9. The van der Waals surface area contributed by atoms with Crippen LogP contribution in [0.25, 0.3) is 0 Å². The zero-order valence-electron chi connectivity index (χ0n) is 13.5. The van der Waals surface area contributed by atoms with Crippen molar-refractivity contribution in [1.82, 2.24) is 30.0 Å². The highest BCUT2D eigenvalue weighted by Gasteiger charge is 2.48. The van der Waals surface area contributed by atoms with Gasteiger partial charge in [0.15, 0.2) is 9.84 Å². The van der Waals surface area contributed by atoms with Gasteiger partial charge in [0.2, 0.25) is 5.91 Å². The molecule has 0 radical (unpaired) electrons. The van der Waals surface area contributed by atoms with Crippen LogP contribution in [0.15, 0.2) is 6.33 Å². The van der Waals surface area contributed by atoms with Crippen LogP contribution in [0, 0.1) is 5.92 Å². The number of tetrazole rings is 1. The van der Waals surface area contributed by atoms with Crippen molar-refractivity contribution in [2.45, 2.75) is 37.9 Å². The van der Waals surface area contributed by atoms with Crippen LogP contribution in [0.2, 0.25) is 0 Å². The second-order valence-corrected chi connectivity index (χ2v) is 9.21. The molecule has 1 saturated carbocycles. The standard InChI is InChI=1S/C14H22N6O3S/c21-14(3-4-19-10-15-16-17-19)20-6-5-18(7-11-1-2-11)12-8-24(22,23)9-13(12)20/h10-13H,1-9H2/t12-,13+/m1/s1. The van der Waals surface area contributed by atoms with E-state index in [9.17, 15) is 13.2 Å². The van der Waals surface area contributed by atoms with Crippen molar-refractivity contribution in [3.05, 3.63) is 6.33 Å². The maximum Gasteiger partial charge on any atom is 0.224 e. The number of aryl methyl sites for hydroxylation is 1. The monoisotopic (exact) mass is 354 g/mol. The van der Waals surface area contributed by atoms with Crippen LogP contribution in [0.1, 0.15) is 19.3 Å². The average molecular weight is 354 g/mol. The number of carbonyl (C=O) groups is 1. The SMILES string of the molecule is O=C(CCn1cnnn1)N1CCN(CC2CC2)[C@@H]2CS(=O)(=O)C[C@@H]21. The van der Waals surface area contributed by atoms with Crippen molar-refractivity contribution < 1.29 is 13.2 Å². The van der Waals surface area contributed by atoms with Gasteiger partial charge in [0.1, 0.15) is 6.33 Å². The lowest BCUT2D eigenvalue weighted by atomic mass is 10.0. The molecule has 0 unspecified atom stereocenters. The lowest BCUT2D eigenvalue weighted by molar-refractivity contribution is -0.137. The van der Waals surface area contributed by atoms with E-state index in [1.807, 2.05) is 0 Å². The van der Waals surface area contributed by atoms with Gasteiger partial charge in [0, 0.05) is 32.1 Å². The van der Waals surface area contributed by atoms with Gasteiger partial charge >= 0.3 is 0 Å². The Bertz CT molecular complexity index is 702. The summed E-state index contributed by atoms with van der Waals surface area (Å²) in [5.74, 6) is 0.982. The molecule has 2 aliphatic heterocycles. The first-order valence-corrected chi connectivity index (χ1v) is 10.3. The van der Waals surface area contributed by atoms with E-state index >= 15 is 0 Å². The molecular weight excluding hydrogens is 332 g/mol. The third-order valence-corrected chi connectivity index (χ3v) is 6.95. The van der Waals surface area contributed by atoms with E-state index in [0.717, 1.165) is 19.0 Å². The highest BCUT2D eigenvalue weighted by molar-refractivity contribution is 7.91. The van der Waals surface area contributed by atoms with Gasteiger partial charge in [-0.3, -0.25) is 9.69 Å². The molecule has 1 aromatic rings. The molecule has 0 bridgehead atoms. The number of rotatable bonds is 5. The Morgan fingerprint density at radius 3 is 2.67 bits per heavy atom. The predicted molar refractivity (Wildman–Crippen MR) is 84.7 cm³/mol. The first-order chi connectivity index (χ1) is 11.5. The van der Waals surface area contributed by atoms with Gasteiger partial charge < -0.3 is 4.90 Å². The Morgan fingerprint density at radius 1 is 1.17 bits per heavy atom. The lowest BCUT2D eigenvalue weighted by Crippen LogP contribution is -2.60. The van der Waals surface area contributed by atoms with Crippen molar-refractivity contribution in [1.29, 1.82) is 0 Å². The third kappa shape index (κ3) is 3.30. The third-order valence-electron chi connectivity index (χ3n) is 5.25. The number of nitrogens with zero attached hydrogens (tertiary/aromatic N) is 6. The minimum absolute atomic E-state index is 0.0105.